The van der Waals surface area contributed by atoms with Crippen molar-refractivity contribution in [2.45, 2.75) is 13.0 Å². The number of imide groups is 1. The number of nitrogens with two attached hydrogens (primary N) is 1. The summed E-state index contributed by atoms with van der Waals surface area (Å²) in [5.41, 5.74) is 7.15. The average Bonchev–Trinajstić information content (AvgIpc) is 2.90. The molecule has 1 aromatic heterocycles. The van der Waals surface area contributed by atoms with Gasteiger partial charge in [0.25, 0.3) is 0 Å². The third-order valence-electron chi connectivity index (χ3n) is 5.12. The molecule has 194 valence electrons. The van der Waals surface area contributed by atoms with Gasteiger partial charge in [-0.1, -0.05) is 42.5 Å². The molecule has 4 aromatic rings. The largest absolute Gasteiger partial charge is 0.489 e. The van der Waals surface area contributed by atoms with E-state index >= 15 is 0 Å². The van der Waals surface area contributed by atoms with Gasteiger partial charge in [0.15, 0.2) is 11.6 Å². The lowest BCUT2D eigenvalue weighted by molar-refractivity contribution is -0.119. The van der Waals surface area contributed by atoms with E-state index in [0.717, 1.165) is 11.6 Å². The van der Waals surface area contributed by atoms with E-state index in [2.05, 4.69) is 15.6 Å². The first kappa shape index (κ1) is 26.1. The summed E-state index contributed by atoms with van der Waals surface area (Å²) in [6.07, 6.45) is 1.39. The number of aromatic nitrogens is 1. The van der Waals surface area contributed by atoms with Gasteiger partial charge in [-0.05, 0) is 41.5 Å². The Morgan fingerprint density at radius 3 is 2.47 bits per heavy atom. The molecule has 0 atom stereocenters. The summed E-state index contributed by atoms with van der Waals surface area (Å²) < 4.78 is 30.9. The molecule has 3 aromatic carbocycles. The molecular formula is C28H25FN4O5. The van der Waals surface area contributed by atoms with E-state index < -0.39 is 17.8 Å². The zero-order valence-corrected chi connectivity index (χ0v) is 20.2. The fourth-order valence-corrected chi connectivity index (χ4v) is 3.41. The minimum Gasteiger partial charge on any atom is -0.489 e. The summed E-state index contributed by atoms with van der Waals surface area (Å²) in [7, 11) is 0. The number of anilines is 1. The number of amides is 3. The van der Waals surface area contributed by atoms with Crippen LogP contribution in [0.3, 0.4) is 0 Å². The molecule has 0 saturated carbocycles. The van der Waals surface area contributed by atoms with Gasteiger partial charge in [-0.2, -0.15) is 0 Å². The van der Waals surface area contributed by atoms with E-state index in [1.54, 1.807) is 24.3 Å². The van der Waals surface area contributed by atoms with Crippen LogP contribution in [-0.2, 0) is 17.8 Å². The van der Waals surface area contributed by atoms with Gasteiger partial charge < -0.3 is 19.5 Å². The van der Waals surface area contributed by atoms with Crippen molar-refractivity contribution >= 4 is 17.6 Å². The monoisotopic (exact) mass is 516 g/mol. The van der Waals surface area contributed by atoms with Crippen LogP contribution in [0.15, 0.2) is 91.1 Å². The van der Waals surface area contributed by atoms with Crippen molar-refractivity contribution in [2.24, 2.45) is 5.73 Å². The first-order chi connectivity index (χ1) is 18.5. The summed E-state index contributed by atoms with van der Waals surface area (Å²) in [5, 5.41) is 4.66. The van der Waals surface area contributed by atoms with Crippen LogP contribution in [0.4, 0.5) is 14.9 Å². The number of carbonyl (C=O) groups excluding carboxylic acids is 2. The van der Waals surface area contributed by atoms with Gasteiger partial charge in [0.2, 0.25) is 11.8 Å². The molecule has 0 radical (unpaired) electrons. The van der Waals surface area contributed by atoms with E-state index in [-0.39, 0.29) is 30.5 Å². The molecule has 3 amide bonds. The molecule has 0 fully saturated rings. The zero-order chi connectivity index (χ0) is 26.7. The van der Waals surface area contributed by atoms with E-state index in [4.69, 9.17) is 19.9 Å². The van der Waals surface area contributed by atoms with Gasteiger partial charge in [0, 0.05) is 24.0 Å². The Hall–Kier alpha value is -4.96. The number of urea groups is 1. The lowest BCUT2D eigenvalue weighted by atomic mass is 10.1. The number of ether oxygens (including phenoxy) is 3. The number of pyridine rings is 1. The minimum absolute atomic E-state index is 0.0428. The number of carbonyl (C=O) groups is 2. The number of benzene rings is 3. The van der Waals surface area contributed by atoms with Crippen molar-refractivity contribution in [1.82, 2.24) is 10.3 Å². The normalized spacial score (nSPS) is 10.4. The molecule has 9 nitrogen and oxygen atoms in total. The maximum absolute atomic E-state index is 14.6. The second-order valence-electron chi connectivity index (χ2n) is 7.99. The highest BCUT2D eigenvalue weighted by molar-refractivity contribution is 6.01. The van der Waals surface area contributed by atoms with Gasteiger partial charge in [-0.25, -0.2) is 14.2 Å². The smallest absolute Gasteiger partial charge is 0.325 e. The van der Waals surface area contributed by atoms with Crippen molar-refractivity contribution < 1.29 is 28.2 Å². The molecule has 0 unspecified atom stereocenters. The van der Waals surface area contributed by atoms with Gasteiger partial charge in [0.05, 0.1) is 6.42 Å². The van der Waals surface area contributed by atoms with E-state index in [1.165, 1.54) is 30.5 Å². The highest BCUT2D eigenvalue weighted by Gasteiger charge is 2.12. The summed E-state index contributed by atoms with van der Waals surface area (Å²) in [4.78, 5) is 28.6. The van der Waals surface area contributed by atoms with Gasteiger partial charge in [0.1, 0.15) is 24.8 Å². The summed E-state index contributed by atoms with van der Waals surface area (Å²) in [6, 6.07) is 22.8. The maximum atomic E-state index is 14.6. The zero-order valence-electron chi connectivity index (χ0n) is 20.2. The highest BCUT2D eigenvalue weighted by atomic mass is 19.1. The number of hydrogen-bond donors (Lipinski definition) is 3. The standard InChI is InChI=1S/C28H25FN4O5/c29-24-15-21(9-10-25(24)38-23-11-12-31-27(16-23)37-18-30)32-28(35)33-26(34)14-20-7-4-8-22(13-20)36-17-19-5-2-1-3-6-19/h1-13,15-16H,14,17-18,30H2,(H2,32,33,34,35). The average molecular weight is 517 g/mol. The van der Waals surface area contributed by atoms with Gasteiger partial charge in [-0.3, -0.25) is 15.8 Å². The Morgan fingerprint density at radius 2 is 1.68 bits per heavy atom. The molecule has 0 spiro atoms. The van der Waals surface area contributed by atoms with Crippen LogP contribution in [0.5, 0.6) is 23.1 Å². The van der Waals surface area contributed by atoms with E-state index in [1.807, 2.05) is 30.3 Å². The highest BCUT2D eigenvalue weighted by Crippen LogP contribution is 2.28. The van der Waals surface area contributed by atoms with E-state index in [9.17, 15) is 14.0 Å². The predicted octanol–water partition coefficient (Wildman–Crippen LogP) is 4.78. The molecule has 38 heavy (non-hydrogen) atoms. The summed E-state index contributed by atoms with van der Waals surface area (Å²) in [6.45, 7) is 0.330. The third kappa shape index (κ3) is 7.77. The first-order valence-electron chi connectivity index (χ1n) is 11.6. The van der Waals surface area contributed by atoms with Crippen LogP contribution < -0.4 is 30.6 Å². The number of nitrogens with one attached hydrogen (secondary N) is 2. The van der Waals surface area contributed by atoms with Crippen LogP contribution in [0.2, 0.25) is 0 Å². The molecule has 4 N–H and O–H groups in total. The predicted molar refractivity (Wildman–Crippen MR) is 138 cm³/mol. The lowest BCUT2D eigenvalue weighted by Gasteiger charge is -2.11. The number of hydrogen-bond acceptors (Lipinski definition) is 7. The van der Waals surface area contributed by atoms with Crippen molar-refractivity contribution in [2.75, 3.05) is 12.0 Å². The van der Waals surface area contributed by atoms with Crippen LogP contribution in [0.1, 0.15) is 11.1 Å². The van der Waals surface area contributed by atoms with Gasteiger partial charge in [-0.15, -0.1) is 0 Å². The second-order valence-corrected chi connectivity index (χ2v) is 7.99. The van der Waals surface area contributed by atoms with Crippen molar-refractivity contribution in [1.29, 1.82) is 0 Å². The van der Waals surface area contributed by atoms with E-state index in [0.29, 0.717) is 23.7 Å². The van der Waals surface area contributed by atoms with Crippen molar-refractivity contribution in [3.8, 4) is 23.1 Å². The Bertz CT molecular complexity index is 1400. The Balaban J connectivity index is 1.28. The van der Waals surface area contributed by atoms with Crippen LogP contribution in [0.25, 0.3) is 0 Å². The van der Waals surface area contributed by atoms with Gasteiger partial charge >= 0.3 is 6.03 Å². The summed E-state index contributed by atoms with van der Waals surface area (Å²) >= 11 is 0. The molecular weight excluding hydrogens is 491 g/mol. The van der Waals surface area contributed by atoms with Crippen LogP contribution in [-0.4, -0.2) is 23.7 Å². The topological polar surface area (TPSA) is 125 Å². The molecule has 0 saturated heterocycles. The molecule has 10 heteroatoms. The molecule has 0 aliphatic heterocycles. The van der Waals surface area contributed by atoms with Crippen molar-refractivity contribution in [3.05, 3.63) is 108 Å². The third-order valence-corrected chi connectivity index (χ3v) is 5.12. The maximum Gasteiger partial charge on any atom is 0.325 e. The second kappa shape index (κ2) is 12.8. The van der Waals surface area contributed by atoms with Crippen LogP contribution in [0, 0.1) is 5.82 Å². The molecule has 1 heterocycles. The fourth-order valence-electron chi connectivity index (χ4n) is 3.41. The Kier molecular flexibility index (Phi) is 8.82. The fraction of sp³-hybridized carbons (Fsp3) is 0.107. The number of nitrogens with zero attached hydrogens (tertiary/aromatic N) is 1. The Labute approximate surface area is 218 Å². The first-order valence-corrected chi connectivity index (χ1v) is 11.6. The summed E-state index contributed by atoms with van der Waals surface area (Å²) in [5.74, 6) is -0.198. The molecule has 0 aliphatic carbocycles. The van der Waals surface area contributed by atoms with Crippen molar-refractivity contribution in [3.63, 3.8) is 0 Å². The lowest BCUT2D eigenvalue weighted by Crippen LogP contribution is -2.35. The molecule has 0 bridgehead atoms. The molecule has 0 aliphatic rings. The SMILES string of the molecule is NCOc1cc(Oc2ccc(NC(=O)NC(=O)Cc3cccc(OCc4ccccc4)c3)cc2F)ccn1. The number of halogens is 1. The number of rotatable bonds is 10. The van der Waals surface area contributed by atoms with Crippen LogP contribution >= 0.6 is 0 Å². The molecule has 4 rings (SSSR count). The quantitative estimate of drug-likeness (QED) is 0.259. The Morgan fingerprint density at radius 1 is 0.868 bits per heavy atom. The minimum atomic E-state index is -0.794.